The molecule has 16 heavy (non-hydrogen) atoms. The van der Waals surface area contributed by atoms with Crippen molar-refractivity contribution >= 4 is 0 Å². The Hall–Kier alpha value is -0.930. The van der Waals surface area contributed by atoms with E-state index >= 15 is 0 Å². The fourth-order valence-corrected chi connectivity index (χ4v) is 1.43. The average molecular weight is 221 g/mol. The van der Waals surface area contributed by atoms with Gasteiger partial charge in [0.2, 0.25) is 0 Å². The summed E-state index contributed by atoms with van der Waals surface area (Å²) in [6, 6.07) is 4.09. The standard InChI is InChI=1S/C13H23N3/c1-13(2,11-14)6-9-15-8-5-12-4-3-7-16-10-12/h3-4,7,10,15H,5-6,8-9,11,14H2,1-2H3. The fraction of sp³-hybridized carbons (Fsp3) is 0.615. The maximum atomic E-state index is 5.68. The van der Waals surface area contributed by atoms with E-state index in [0.29, 0.717) is 0 Å². The van der Waals surface area contributed by atoms with Gasteiger partial charge in [-0.05, 0) is 49.5 Å². The summed E-state index contributed by atoms with van der Waals surface area (Å²) in [7, 11) is 0. The quantitative estimate of drug-likeness (QED) is 0.687. The number of nitrogens with two attached hydrogens (primary N) is 1. The van der Waals surface area contributed by atoms with Crippen LogP contribution >= 0.6 is 0 Å². The lowest BCUT2D eigenvalue weighted by atomic mass is 9.90. The molecule has 0 spiro atoms. The zero-order valence-electron chi connectivity index (χ0n) is 10.4. The average Bonchev–Trinajstić information content (AvgIpc) is 2.30. The summed E-state index contributed by atoms with van der Waals surface area (Å²) < 4.78 is 0. The second-order valence-electron chi connectivity index (χ2n) is 4.98. The third-order valence-electron chi connectivity index (χ3n) is 2.84. The Morgan fingerprint density at radius 3 is 2.81 bits per heavy atom. The van der Waals surface area contributed by atoms with Crippen molar-refractivity contribution in [2.75, 3.05) is 19.6 Å². The van der Waals surface area contributed by atoms with Crippen molar-refractivity contribution in [1.29, 1.82) is 0 Å². The van der Waals surface area contributed by atoms with E-state index in [0.717, 1.165) is 32.5 Å². The van der Waals surface area contributed by atoms with Gasteiger partial charge in [0.15, 0.2) is 0 Å². The monoisotopic (exact) mass is 221 g/mol. The molecule has 1 rings (SSSR count). The van der Waals surface area contributed by atoms with Gasteiger partial charge in [-0.2, -0.15) is 0 Å². The van der Waals surface area contributed by atoms with E-state index in [9.17, 15) is 0 Å². The van der Waals surface area contributed by atoms with Crippen molar-refractivity contribution in [1.82, 2.24) is 10.3 Å². The molecule has 3 heteroatoms. The van der Waals surface area contributed by atoms with Crippen LogP contribution < -0.4 is 11.1 Å². The summed E-state index contributed by atoms with van der Waals surface area (Å²) in [5, 5.41) is 3.44. The first-order valence-corrected chi connectivity index (χ1v) is 5.94. The SMILES string of the molecule is CC(C)(CN)CCNCCc1cccnc1. The van der Waals surface area contributed by atoms with Crippen LogP contribution in [0.2, 0.25) is 0 Å². The van der Waals surface area contributed by atoms with Crippen molar-refractivity contribution in [3.05, 3.63) is 30.1 Å². The minimum Gasteiger partial charge on any atom is -0.330 e. The maximum absolute atomic E-state index is 5.68. The second-order valence-corrected chi connectivity index (χ2v) is 4.98. The first-order valence-electron chi connectivity index (χ1n) is 5.94. The number of rotatable bonds is 7. The minimum absolute atomic E-state index is 0.251. The molecule has 0 saturated heterocycles. The van der Waals surface area contributed by atoms with Crippen molar-refractivity contribution in [3.63, 3.8) is 0 Å². The molecule has 3 N–H and O–H groups in total. The highest BCUT2D eigenvalue weighted by Gasteiger charge is 2.13. The van der Waals surface area contributed by atoms with Gasteiger partial charge in [-0.3, -0.25) is 4.98 Å². The molecule has 3 nitrogen and oxygen atoms in total. The van der Waals surface area contributed by atoms with Crippen LogP contribution in [0.1, 0.15) is 25.8 Å². The predicted octanol–water partition coefficient (Wildman–Crippen LogP) is 1.59. The molecule has 1 aromatic heterocycles. The molecule has 0 amide bonds. The van der Waals surface area contributed by atoms with E-state index in [2.05, 4.69) is 30.2 Å². The van der Waals surface area contributed by atoms with Gasteiger partial charge in [-0.1, -0.05) is 19.9 Å². The normalized spacial score (nSPS) is 11.7. The van der Waals surface area contributed by atoms with Crippen LogP contribution in [0, 0.1) is 5.41 Å². The molecular formula is C13H23N3. The minimum atomic E-state index is 0.251. The van der Waals surface area contributed by atoms with Gasteiger partial charge < -0.3 is 11.1 Å². The number of hydrogen-bond acceptors (Lipinski definition) is 3. The number of nitrogens with zero attached hydrogens (tertiary/aromatic N) is 1. The molecule has 0 aliphatic rings. The van der Waals surface area contributed by atoms with Gasteiger partial charge in [0.05, 0.1) is 0 Å². The zero-order valence-corrected chi connectivity index (χ0v) is 10.4. The van der Waals surface area contributed by atoms with E-state index in [1.54, 1.807) is 6.20 Å². The molecule has 0 unspecified atom stereocenters. The molecule has 0 aliphatic heterocycles. The van der Waals surface area contributed by atoms with Crippen LogP contribution in [0.5, 0.6) is 0 Å². The van der Waals surface area contributed by atoms with Crippen molar-refractivity contribution in [3.8, 4) is 0 Å². The molecule has 0 aromatic carbocycles. The third-order valence-corrected chi connectivity index (χ3v) is 2.84. The van der Waals surface area contributed by atoms with Gasteiger partial charge in [0.1, 0.15) is 0 Å². The van der Waals surface area contributed by atoms with Crippen LogP contribution in [-0.4, -0.2) is 24.6 Å². The Morgan fingerprint density at radius 1 is 1.38 bits per heavy atom. The van der Waals surface area contributed by atoms with E-state index in [1.807, 2.05) is 12.3 Å². The summed E-state index contributed by atoms with van der Waals surface area (Å²) in [6.07, 6.45) is 5.89. The Morgan fingerprint density at radius 2 is 2.19 bits per heavy atom. The molecule has 0 atom stereocenters. The number of pyridine rings is 1. The first-order chi connectivity index (χ1) is 7.64. The lowest BCUT2D eigenvalue weighted by molar-refractivity contribution is 0.340. The predicted molar refractivity (Wildman–Crippen MR) is 68.3 cm³/mol. The van der Waals surface area contributed by atoms with Gasteiger partial charge in [0.25, 0.3) is 0 Å². The van der Waals surface area contributed by atoms with Crippen LogP contribution in [-0.2, 0) is 6.42 Å². The second kappa shape index (κ2) is 6.61. The van der Waals surface area contributed by atoms with Crippen LogP contribution in [0.4, 0.5) is 0 Å². The summed E-state index contributed by atoms with van der Waals surface area (Å²) in [4.78, 5) is 4.09. The Bertz CT molecular complexity index is 282. The van der Waals surface area contributed by atoms with Crippen LogP contribution in [0.3, 0.4) is 0 Å². The smallest absolute Gasteiger partial charge is 0.0300 e. The maximum Gasteiger partial charge on any atom is 0.0300 e. The van der Waals surface area contributed by atoms with Crippen molar-refractivity contribution in [2.24, 2.45) is 11.1 Å². The molecule has 0 aliphatic carbocycles. The molecule has 1 heterocycles. The molecular weight excluding hydrogens is 198 g/mol. The van der Waals surface area contributed by atoms with E-state index in [-0.39, 0.29) is 5.41 Å². The number of aromatic nitrogens is 1. The summed E-state index contributed by atoms with van der Waals surface area (Å²) in [6.45, 7) is 7.19. The number of nitrogens with one attached hydrogen (secondary N) is 1. The molecule has 1 aromatic rings. The largest absolute Gasteiger partial charge is 0.330 e. The highest BCUT2D eigenvalue weighted by Crippen LogP contribution is 2.16. The molecule has 0 saturated carbocycles. The third kappa shape index (κ3) is 5.24. The van der Waals surface area contributed by atoms with E-state index < -0.39 is 0 Å². The zero-order chi connectivity index (χ0) is 11.9. The topological polar surface area (TPSA) is 50.9 Å². The first kappa shape index (κ1) is 13.1. The summed E-state index contributed by atoms with van der Waals surface area (Å²) in [5.74, 6) is 0. The van der Waals surface area contributed by atoms with Crippen molar-refractivity contribution in [2.45, 2.75) is 26.7 Å². The molecule has 0 bridgehead atoms. The fourth-order valence-electron chi connectivity index (χ4n) is 1.43. The lowest BCUT2D eigenvalue weighted by Gasteiger charge is -2.22. The lowest BCUT2D eigenvalue weighted by Crippen LogP contribution is -2.29. The Kier molecular flexibility index (Phi) is 5.43. The van der Waals surface area contributed by atoms with E-state index in [1.165, 1.54) is 5.56 Å². The van der Waals surface area contributed by atoms with Gasteiger partial charge in [-0.25, -0.2) is 0 Å². The summed E-state index contributed by atoms with van der Waals surface area (Å²) in [5.41, 5.74) is 7.21. The van der Waals surface area contributed by atoms with E-state index in [4.69, 9.17) is 5.73 Å². The molecule has 90 valence electrons. The summed E-state index contributed by atoms with van der Waals surface area (Å²) >= 11 is 0. The Labute approximate surface area is 98.5 Å². The van der Waals surface area contributed by atoms with Crippen LogP contribution in [0.25, 0.3) is 0 Å². The van der Waals surface area contributed by atoms with Crippen LogP contribution in [0.15, 0.2) is 24.5 Å². The number of hydrogen-bond donors (Lipinski definition) is 2. The van der Waals surface area contributed by atoms with Gasteiger partial charge in [0, 0.05) is 12.4 Å². The molecule has 0 radical (unpaired) electrons. The van der Waals surface area contributed by atoms with Gasteiger partial charge >= 0.3 is 0 Å². The van der Waals surface area contributed by atoms with Crippen molar-refractivity contribution < 1.29 is 0 Å². The highest BCUT2D eigenvalue weighted by molar-refractivity contribution is 5.08. The Balaban J connectivity index is 2.09. The molecule has 0 fully saturated rings. The highest BCUT2D eigenvalue weighted by atomic mass is 14.8. The van der Waals surface area contributed by atoms with Gasteiger partial charge in [-0.15, -0.1) is 0 Å².